The number of nitrogens with zero attached hydrogens (tertiary/aromatic N) is 4. The fourth-order valence-electron chi connectivity index (χ4n) is 4.61. The van der Waals surface area contributed by atoms with Gasteiger partial charge in [-0.1, -0.05) is 42.0 Å². The topological polar surface area (TPSA) is 48.8 Å². The number of allylic oxidation sites excluding steroid dienone is 1. The van der Waals surface area contributed by atoms with E-state index in [1.807, 2.05) is 42.5 Å². The maximum Gasteiger partial charge on any atom is 0.279 e. The Morgan fingerprint density at radius 3 is 2.53 bits per heavy atom. The number of thiocarbonyl (C=S) groups is 1. The molecule has 8 heteroatoms. The highest BCUT2D eigenvalue weighted by atomic mass is 32.1. The number of aromatic nitrogens is 1. The van der Waals surface area contributed by atoms with Gasteiger partial charge in [0.05, 0.1) is 5.70 Å². The molecular formula is C28H26N4O2S2. The van der Waals surface area contributed by atoms with Crippen LogP contribution in [-0.2, 0) is 11.3 Å². The van der Waals surface area contributed by atoms with Gasteiger partial charge >= 0.3 is 0 Å². The van der Waals surface area contributed by atoms with E-state index in [-0.39, 0.29) is 18.0 Å². The third kappa shape index (κ3) is 3.73. The zero-order valence-electron chi connectivity index (χ0n) is 20.4. The van der Waals surface area contributed by atoms with Crippen molar-refractivity contribution in [3.8, 4) is 0 Å². The third-order valence-corrected chi connectivity index (χ3v) is 8.01. The van der Waals surface area contributed by atoms with E-state index in [1.165, 1.54) is 21.8 Å². The lowest BCUT2D eigenvalue weighted by Gasteiger charge is -2.29. The second-order valence-corrected chi connectivity index (χ2v) is 10.00. The summed E-state index contributed by atoms with van der Waals surface area (Å²) in [5.74, 6) is -0.244. The minimum Gasteiger partial charge on any atom is -0.340 e. The highest BCUT2D eigenvalue weighted by Gasteiger charge is 2.38. The summed E-state index contributed by atoms with van der Waals surface area (Å²) in [6, 6.07) is 15.8. The fourth-order valence-corrected chi connectivity index (χ4v) is 6.11. The Hall–Kier alpha value is -3.75. The van der Waals surface area contributed by atoms with E-state index in [4.69, 9.17) is 12.2 Å². The second-order valence-electron chi connectivity index (χ2n) is 8.63. The zero-order chi connectivity index (χ0) is 25.6. The van der Waals surface area contributed by atoms with Crippen LogP contribution in [0.25, 0.3) is 17.5 Å². The van der Waals surface area contributed by atoms with Crippen molar-refractivity contribution >= 4 is 63.4 Å². The highest BCUT2D eigenvalue weighted by Crippen LogP contribution is 2.32. The maximum absolute atomic E-state index is 13.8. The number of hydrogen-bond donors (Lipinski definition) is 0. The van der Waals surface area contributed by atoms with Crippen LogP contribution in [-0.4, -0.2) is 34.1 Å². The Balaban J connectivity index is 1.85. The molecule has 5 rings (SSSR count). The molecule has 0 atom stereocenters. The van der Waals surface area contributed by atoms with E-state index in [1.54, 1.807) is 22.6 Å². The third-order valence-electron chi connectivity index (χ3n) is 6.36. The molecular weight excluding hydrogens is 488 g/mol. The second kappa shape index (κ2) is 9.37. The summed E-state index contributed by atoms with van der Waals surface area (Å²) in [6.45, 7) is 8.96. The van der Waals surface area contributed by atoms with Crippen LogP contribution < -0.4 is 24.6 Å². The standard InChI is InChI=1S/C28H26N4O2S2/c1-5-16-31-26(34)24(22-15-13-19-17-18(3)12-14-21(19)30(22)6-2)36-27(31)23-25(33)29(4)28(35)32(23)20-10-8-7-9-11-20/h5,7-15,17H,1,6,16H2,2-4H3/b24-22-,27-23?. The average Bonchev–Trinajstić information content (AvgIpc) is 3.32. The van der Waals surface area contributed by atoms with Gasteiger partial charge in [-0.3, -0.25) is 24.0 Å². The van der Waals surface area contributed by atoms with Crippen LogP contribution in [0.1, 0.15) is 18.1 Å². The first-order chi connectivity index (χ1) is 17.4. The first-order valence-corrected chi connectivity index (χ1v) is 12.9. The van der Waals surface area contributed by atoms with Crippen molar-refractivity contribution in [2.75, 3.05) is 23.4 Å². The Morgan fingerprint density at radius 2 is 1.83 bits per heavy atom. The van der Waals surface area contributed by atoms with Crippen molar-refractivity contribution in [1.82, 2.24) is 9.47 Å². The molecule has 1 amide bonds. The molecule has 1 fully saturated rings. The van der Waals surface area contributed by atoms with Crippen molar-refractivity contribution in [1.29, 1.82) is 0 Å². The fraction of sp³-hybridized carbons (Fsp3) is 0.179. The molecule has 3 aromatic rings. The minimum absolute atomic E-state index is 0.155. The molecule has 36 heavy (non-hydrogen) atoms. The molecule has 0 spiro atoms. The number of carbonyl (C=O) groups is 1. The van der Waals surface area contributed by atoms with Crippen molar-refractivity contribution < 1.29 is 4.79 Å². The van der Waals surface area contributed by atoms with Crippen molar-refractivity contribution in [2.45, 2.75) is 20.4 Å². The van der Waals surface area contributed by atoms with Crippen LogP contribution >= 0.6 is 23.6 Å². The van der Waals surface area contributed by atoms with Crippen LogP contribution in [0.4, 0.5) is 11.4 Å². The predicted molar refractivity (Wildman–Crippen MR) is 152 cm³/mol. The summed E-state index contributed by atoms with van der Waals surface area (Å²) in [6.07, 6.45) is 5.72. The van der Waals surface area contributed by atoms with Crippen LogP contribution in [0.15, 0.2) is 72.1 Å². The lowest BCUT2D eigenvalue weighted by atomic mass is 10.0. The molecule has 182 valence electrons. The van der Waals surface area contributed by atoms with Gasteiger partial charge in [-0.05, 0) is 62.0 Å². The number of aryl methyl sites for hydroxylation is 1. The van der Waals surface area contributed by atoms with Gasteiger partial charge in [-0.2, -0.15) is 0 Å². The molecule has 0 saturated carbocycles. The summed E-state index contributed by atoms with van der Waals surface area (Å²) in [5, 5.41) is 0.374. The van der Waals surface area contributed by atoms with Gasteiger partial charge in [-0.15, -0.1) is 17.9 Å². The SMILES string of the molecule is C=CCn1c(=C2C(=O)N(C)C(=S)N2c2ccccc2)s/c(=C2/C=Cc3cc(C)ccc3N2CC)c1=O. The van der Waals surface area contributed by atoms with Gasteiger partial charge in [0.15, 0.2) is 5.11 Å². The number of hydrogen-bond acceptors (Lipinski definition) is 5. The number of para-hydroxylation sites is 1. The van der Waals surface area contributed by atoms with Crippen molar-refractivity contribution in [3.05, 3.63) is 97.9 Å². The Labute approximate surface area is 219 Å². The van der Waals surface area contributed by atoms with Crippen molar-refractivity contribution in [3.63, 3.8) is 0 Å². The van der Waals surface area contributed by atoms with Crippen LogP contribution in [0, 0.1) is 6.92 Å². The minimum atomic E-state index is -0.244. The quantitative estimate of drug-likeness (QED) is 0.394. The smallest absolute Gasteiger partial charge is 0.279 e. The Kier molecular flexibility index (Phi) is 6.24. The highest BCUT2D eigenvalue weighted by molar-refractivity contribution is 7.80. The molecule has 6 nitrogen and oxygen atoms in total. The normalized spacial score (nSPS) is 18.2. The summed E-state index contributed by atoms with van der Waals surface area (Å²) >= 11 is 6.97. The van der Waals surface area contributed by atoms with Gasteiger partial charge < -0.3 is 4.90 Å². The summed E-state index contributed by atoms with van der Waals surface area (Å²) in [4.78, 5) is 32.6. The Morgan fingerprint density at radius 1 is 1.08 bits per heavy atom. The van der Waals surface area contributed by atoms with E-state index < -0.39 is 0 Å². The van der Waals surface area contributed by atoms with E-state index in [0.717, 1.165) is 22.6 Å². The van der Waals surface area contributed by atoms with Gasteiger partial charge in [0.25, 0.3) is 11.5 Å². The molecule has 0 N–H and O–H groups in total. The van der Waals surface area contributed by atoms with Gasteiger partial charge in [0.1, 0.15) is 14.9 Å². The van der Waals surface area contributed by atoms with Crippen LogP contribution in [0.5, 0.6) is 0 Å². The first-order valence-electron chi connectivity index (χ1n) is 11.7. The molecule has 3 heterocycles. The molecule has 0 bridgehead atoms. The molecule has 1 saturated heterocycles. The molecule has 2 aromatic carbocycles. The monoisotopic (exact) mass is 514 g/mol. The summed E-state index contributed by atoms with van der Waals surface area (Å²) < 4.78 is 2.75. The molecule has 2 aliphatic heterocycles. The molecule has 1 aromatic heterocycles. The van der Waals surface area contributed by atoms with Gasteiger partial charge in [-0.25, -0.2) is 0 Å². The molecule has 0 radical (unpaired) electrons. The number of fused-ring (bicyclic) bond motifs is 1. The van der Waals surface area contributed by atoms with Gasteiger partial charge in [0, 0.05) is 31.5 Å². The van der Waals surface area contributed by atoms with E-state index in [2.05, 4.69) is 43.5 Å². The van der Waals surface area contributed by atoms with Gasteiger partial charge in [0.2, 0.25) is 0 Å². The number of likely N-dealkylation sites (N-methyl/N-ethyl adjacent to an activating group) is 2. The zero-order valence-corrected chi connectivity index (χ0v) is 22.0. The van der Waals surface area contributed by atoms with Crippen molar-refractivity contribution in [2.24, 2.45) is 0 Å². The number of amides is 1. The number of carbonyl (C=O) groups excluding carboxylic acids is 1. The molecule has 2 aliphatic rings. The number of benzene rings is 2. The predicted octanol–water partition coefficient (Wildman–Crippen LogP) is 3.44. The van der Waals surface area contributed by atoms with E-state index in [0.29, 0.717) is 26.5 Å². The number of rotatable bonds is 4. The largest absolute Gasteiger partial charge is 0.340 e. The van der Waals surface area contributed by atoms with E-state index >= 15 is 0 Å². The maximum atomic E-state index is 13.8. The number of thiazole rings is 1. The molecule has 0 unspecified atom stereocenters. The summed E-state index contributed by atoms with van der Waals surface area (Å²) in [5.41, 5.74) is 5.17. The lowest BCUT2D eigenvalue weighted by molar-refractivity contribution is -0.119. The summed E-state index contributed by atoms with van der Waals surface area (Å²) in [7, 11) is 1.66. The lowest BCUT2D eigenvalue weighted by Crippen LogP contribution is -2.37. The Bertz CT molecular complexity index is 1620. The number of anilines is 2. The molecule has 0 aliphatic carbocycles. The van der Waals surface area contributed by atoms with Crippen LogP contribution in [0.2, 0.25) is 0 Å². The van der Waals surface area contributed by atoms with E-state index in [9.17, 15) is 9.59 Å². The first kappa shape index (κ1) is 24.0. The van der Waals surface area contributed by atoms with Crippen LogP contribution in [0.3, 0.4) is 0 Å². The average molecular weight is 515 g/mol.